The summed E-state index contributed by atoms with van der Waals surface area (Å²) in [6.07, 6.45) is 4.28. The van der Waals surface area contributed by atoms with Crippen molar-refractivity contribution in [2.45, 2.75) is 26.2 Å². The first kappa shape index (κ1) is 13.4. The molecule has 0 fully saturated rings. The zero-order valence-corrected chi connectivity index (χ0v) is 10.1. The van der Waals surface area contributed by atoms with Crippen molar-refractivity contribution in [3.63, 3.8) is 0 Å². The van der Waals surface area contributed by atoms with E-state index in [1.54, 1.807) is 6.92 Å². The Bertz CT molecular complexity index is 426. The Hall–Kier alpha value is -1.62. The minimum Gasteiger partial charge on any atom is -0.364 e. The lowest BCUT2D eigenvalue weighted by Gasteiger charge is -2.04. The van der Waals surface area contributed by atoms with Gasteiger partial charge < -0.3 is 16.0 Å². The van der Waals surface area contributed by atoms with Crippen LogP contribution in [0, 0.1) is 6.92 Å². The maximum atomic E-state index is 11.7. The minimum atomic E-state index is -0.320. The molecular weight excluding hydrogens is 218 g/mol. The SMILES string of the molecule is Cc1cc(=O)c(C(=O)NCCCCCN)c[nH]1. The summed E-state index contributed by atoms with van der Waals surface area (Å²) in [4.78, 5) is 26.0. The van der Waals surface area contributed by atoms with E-state index >= 15 is 0 Å². The van der Waals surface area contributed by atoms with Gasteiger partial charge in [-0.1, -0.05) is 6.42 Å². The standard InChI is InChI=1S/C12H19N3O2/c1-9-7-11(16)10(8-15-9)12(17)14-6-4-2-3-5-13/h7-8H,2-6,13H2,1H3,(H,14,17)(H,15,16). The monoisotopic (exact) mass is 237 g/mol. The number of nitrogens with one attached hydrogen (secondary N) is 2. The van der Waals surface area contributed by atoms with E-state index in [1.165, 1.54) is 12.3 Å². The molecule has 1 amide bonds. The average Bonchev–Trinajstić information content (AvgIpc) is 2.28. The lowest BCUT2D eigenvalue weighted by Crippen LogP contribution is -2.29. The molecule has 0 unspecified atom stereocenters. The molecule has 0 aliphatic rings. The predicted molar refractivity (Wildman–Crippen MR) is 67.0 cm³/mol. The summed E-state index contributed by atoms with van der Waals surface area (Å²) >= 11 is 0. The Balaban J connectivity index is 2.45. The second-order valence-corrected chi connectivity index (χ2v) is 4.00. The van der Waals surface area contributed by atoms with Crippen LogP contribution in [0.2, 0.25) is 0 Å². The molecule has 1 heterocycles. The summed E-state index contributed by atoms with van der Waals surface area (Å²) < 4.78 is 0. The maximum Gasteiger partial charge on any atom is 0.256 e. The molecule has 0 saturated heterocycles. The fourth-order valence-corrected chi connectivity index (χ4v) is 1.49. The first-order valence-electron chi connectivity index (χ1n) is 5.82. The van der Waals surface area contributed by atoms with Crippen molar-refractivity contribution in [2.24, 2.45) is 5.73 Å². The molecule has 1 rings (SSSR count). The van der Waals surface area contributed by atoms with E-state index in [9.17, 15) is 9.59 Å². The highest BCUT2D eigenvalue weighted by molar-refractivity contribution is 5.93. The number of carbonyl (C=O) groups excluding carboxylic acids is 1. The van der Waals surface area contributed by atoms with E-state index < -0.39 is 0 Å². The number of amides is 1. The third-order valence-electron chi connectivity index (χ3n) is 2.47. The zero-order chi connectivity index (χ0) is 12.7. The van der Waals surface area contributed by atoms with Crippen molar-refractivity contribution in [1.29, 1.82) is 0 Å². The summed E-state index contributed by atoms with van der Waals surface area (Å²) in [6.45, 7) is 3.02. The van der Waals surface area contributed by atoms with E-state index in [0.29, 0.717) is 13.1 Å². The largest absolute Gasteiger partial charge is 0.364 e. The van der Waals surface area contributed by atoms with Crippen molar-refractivity contribution in [1.82, 2.24) is 10.3 Å². The second-order valence-electron chi connectivity index (χ2n) is 4.00. The number of carbonyl (C=O) groups is 1. The molecule has 4 N–H and O–H groups in total. The molecule has 94 valence electrons. The van der Waals surface area contributed by atoms with Crippen molar-refractivity contribution in [3.05, 3.63) is 33.7 Å². The van der Waals surface area contributed by atoms with Gasteiger partial charge in [-0.15, -0.1) is 0 Å². The van der Waals surface area contributed by atoms with Crippen LogP contribution in [0.15, 0.2) is 17.1 Å². The van der Waals surface area contributed by atoms with Crippen LogP contribution in [0.25, 0.3) is 0 Å². The number of hydrogen-bond donors (Lipinski definition) is 3. The maximum absolute atomic E-state index is 11.7. The number of rotatable bonds is 6. The fourth-order valence-electron chi connectivity index (χ4n) is 1.49. The lowest BCUT2D eigenvalue weighted by atomic mass is 10.2. The minimum absolute atomic E-state index is 0.162. The molecule has 0 atom stereocenters. The quantitative estimate of drug-likeness (QED) is 0.631. The predicted octanol–water partition coefficient (Wildman–Crippen LogP) is 0.542. The van der Waals surface area contributed by atoms with Gasteiger partial charge in [-0.25, -0.2) is 0 Å². The number of pyridine rings is 1. The summed E-state index contributed by atoms with van der Waals surface area (Å²) in [6, 6.07) is 1.42. The Morgan fingerprint density at radius 2 is 2.18 bits per heavy atom. The molecule has 0 aliphatic heterocycles. The third kappa shape index (κ3) is 4.40. The molecule has 5 nitrogen and oxygen atoms in total. The Kier molecular flexibility index (Phi) is 5.42. The van der Waals surface area contributed by atoms with Gasteiger partial charge in [0.25, 0.3) is 5.91 Å². The smallest absolute Gasteiger partial charge is 0.256 e. The highest BCUT2D eigenvalue weighted by Gasteiger charge is 2.08. The highest BCUT2D eigenvalue weighted by Crippen LogP contribution is 1.94. The summed E-state index contributed by atoms with van der Waals surface area (Å²) in [5.74, 6) is -0.320. The Morgan fingerprint density at radius 3 is 2.82 bits per heavy atom. The van der Waals surface area contributed by atoms with E-state index in [1.807, 2.05) is 0 Å². The average molecular weight is 237 g/mol. The van der Waals surface area contributed by atoms with Crippen LogP contribution in [0.4, 0.5) is 0 Å². The van der Waals surface area contributed by atoms with E-state index in [0.717, 1.165) is 25.0 Å². The number of aromatic amines is 1. The molecular formula is C12H19N3O2. The number of aryl methyl sites for hydroxylation is 1. The molecule has 1 aromatic rings. The normalized spacial score (nSPS) is 10.2. The van der Waals surface area contributed by atoms with Crippen LogP contribution in [0.5, 0.6) is 0 Å². The first-order valence-corrected chi connectivity index (χ1v) is 5.82. The molecule has 0 bridgehead atoms. The van der Waals surface area contributed by atoms with Gasteiger partial charge in [0.15, 0.2) is 5.43 Å². The van der Waals surface area contributed by atoms with Crippen LogP contribution in [0.3, 0.4) is 0 Å². The van der Waals surface area contributed by atoms with Crippen molar-refractivity contribution >= 4 is 5.91 Å². The fraction of sp³-hybridized carbons (Fsp3) is 0.500. The highest BCUT2D eigenvalue weighted by atomic mass is 16.2. The Morgan fingerprint density at radius 1 is 1.41 bits per heavy atom. The third-order valence-corrected chi connectivity index (χ3v) is 2.47. The van der Waals surface area contributed by atoms with Crippen LogP contribution >= 0.6 is 0 Å². The van der Waals surface area contributed by atoms with Crippen molar-refractivity contribution in [2.75, 3.05) is 13.1 Å². The van der Waals surface area contributed by atoms with Crippen LogP contribution in [0.1, 0.15) is 35.3 Å². The molecule has 0 spiro atoms. The number of unbranched alkanes of at least 4 members (excludes halogenated alkanes) is 2. The number of nitrogens with two attached hydrogens (primary N) is 1. The summed E-state index contributed by atoms with van der Waals surface area (Å²) in [7, 11) is 0. The van der Waals surface area contributed by atoms with Gasteiger partial charge in [0.05, 0.1) is 0 Å². The molecule has 0 aromatic carbocycles. The summed E-state index contributed by atoms with van der Waals surface area (Å²) in [5.41, 5.74) is 6.02. The van der Waals surface area contributed by atoms with E-state index in [-0.39, 0.29) is 16.9 Å². The van der Waals surface area contributed by atoms with Crippen molar-refractivity contribution in [3.8, 4) is 0 Å². The molecule has 0 radical (unpaired) electrons. The van der Waals surface area contributed by atoms with Gasteiger partial charge in [-0.2, -0.15) is 0 Å². The Labute approximate surface area is 100 Å². The van der Waals surface area contributed by atoms with Gasteiger partial charge in [0.1, 0.15) is 5.56 Å². The van der Waals surface area contributed by atoms with Crippen LogP contribution in [-0.4, -0.2) is 24.0 Å². The van der Waals surface area contributed by atoms with E-state index in [2.05, 4.69) is 10.3 Å². The van der Waals surface area contributed by atoms with Gasteiger partial charge in [0, 0.05) is 24.5 Å². The lowest BCUT2D eigenvalue weighted by molar-refractivity contribution is 0.0951. The molecule has 5 heteroatoms. The molecule has 0 aliphatic carbocycles. The number of hydrogen-bond acceptors (Lipinski definition) is 3. The van der Waals surface area contributed by atoms with Crippen LogP contribution < -0.4 is 16.5 Å². The van der Waals surface area contributed by atoms with Crippen molar-refractivity contribution < 1.29 is 4.79 Å². The summed E-state index contributed by atoms with van der Waals surface area (Å²) in [5, 5.41) is 2.72. The molecule has 0 saturated carbocycles. The topological polar surface area (TPSA) is 88.0 Å². The zero-order valence-electron chi connectivity index (χ0n) is 10.1. The number of H-pyrrole nitrogens is 1. The van der Waals surface area contributed by atoms with Gasteiger partial charge in [-0.3, -0.25) is 9.59 Å². The molecule has 1 aromatic heterocycles. The number of aromatic nitrogens is 1. The van der Waals surface area contributed by atoms with Gasteiger partial charge in [0.2, 0.25) is 0 Å². The molecule has 17 heavy (non-hydrogen) atoms. The van der Waals surface area contributed by atoms with Gasteiger partial charge in [-0.05, 0) is 26.3 Å². The van der Waals surface area contributed by atoms with Crippen LogP contribution in [-0.2, 0) is 0 Å². The van der Waals surface area contributed by atoms with E-state index in [4.69, 9.17) is 5.73 Å². The van der Waals surface area contributed by atoms with Gasteiger partial charge >= 0.3 is 0 Å². The first-order chi connectivity index (χ1) is 8.15. The second kappa shape index (κ2) is 6.85.